The molecule has 0 spiro atoms. The number of hydrogen-bond donors (Lipinski definition) is 0. The number of benzene rings is 2. The molecule has 1 unspecified atom stereocenters. The van der Waals surface area contributed by atoms with E-state index >= 15 is 0 Å². The van der Waals surface area contributed by atoms with Gasteiger partial charge in [-0.05, 0) is 68.7 Å². The number of carbonyl (C=O) groups is 2. The van der Waals surface area contributed by atoms with E-state index in [2.05, 4.69) is 0 Å². The highest BCUT2D eigenvalue weighted by atomic mass is 19.1. The minimum Gasteiger partial charge on any atom is -0.469 e. The van der Waals surface area contributed by atoms with Crippen LogP contribution in [0.4, 0.5) is 9.18 Å². The van der Waals surface area contributed by atoms with Crippen molar-refractivity contribution in [3.8, 4) is 0 Å². The molecule has 1 heterocycles. The number of piperidine rings is 1. The molecule has 0 N–H and O–H groups in total. The zero-order valence-electron chi connectivity index (χ0n) is 19.3. The molecular weight excluding hydrogens is 409 g/mol. The van der Waals surface area contributed by atoms with Crippen molar-refractivity contribution < 1.29 is 23.5 Å². The molecule has 0 saturated carbocycles. The number of methoxy groups -OCH3 is 1. The van der Waals surface area contributed by atoms with E-state index in [-0.39, 0.29) is 17.9 Å². The SMILES string of the molecule is COC(=O)C(c1ccccc1)C1(Cc2ccc(F)cc2)CCN(C(=O)OC(C)(C)C)CC1. The van der Waals surface area contributed by atoms with Crippen LogP contribution in [-0.2, 0) is 20.7 Å². The second-order valence-electron chi connectivity index (χ2n) is 9.50. The summed E-state index contributed by atoms with van der Waals surface area (Å²) in [6, 6.07) is 16.0. The molecule has 1 aliphatic heterocycles. The first-order valence-electron chi connectivity index (χ1n) is 11.0. The van der Waals surface area contributed by atoms with E-state index in [0.717, 1.165) is 11.1 Å². The van der Waals surface area contributed by atoms with E-state index in [9.17, 15) is 14.0 Å². The first-order valence-corrected chi connectivity index (χ1v) is 11.0. The van der Waals surface area contributed by atoms with Gasteiger partial charge in [-0.2, -0.15) is 0 Å². The van der Waals surface area contributed by atoms with E-state index < -0.39 is 16.9 Å². The Labute approximate surface area is 189 Å². The highest BCUT2D eigenvalue weighted by molar-refractivity contribution is 5.79. The fourth-order valence-electron chi connectivity index (χ4n) is 4.54. The molecule has 2 aromatic carbocycles. The van der Waals surface area contributed by atoms with Gasteiger partial charge >= 0.3 is 12.1 Å². The maximum atomic E-state index is 13.5. The predicted molar refractivity (Wildman–Crippen MR) is 121 cm³/mol. The third-order valence-corrected chi connectivity index (χ3v) is 6.06. The van der Waals surface area contributed by atoms with Crippen LogP contribution in [0, 0.1) is 11.2 Å². The normalized spacial score (nSPS) is 16.8. The zero-order valence-corrected chi connectivity index (χ0v) is 19.3. The van der Waals surface area contributed by atoms with Gasteiger partial charge in [-0.15, -0.1) is 0 Å². The van der Waals surface area contributed by atoms with E-state index in [1.165, 1.54) is 19.2 Å². The Hall–Kier alpha value is -2.89. The highest BCUT2D eigenvalue weighted by Crippen LogP contribution is 2.48. The first kappa shape index (κ1) is 23.8. The van der Waals surface area contributed by atoms with Crippen LogP contribution in [0.15, 0.2) is 54.6 Å². The van der Waals surface area contributed by atoms with Crippen LogP contribution in [0.25, 0.3) is 0 Å². The number of carbonyl (C=O) groups excluding carboxylic acids is 2. The number of hydrogen-bond acceptors (Lipinski definition) is 4. The third-order valence-electron chi connectivity index (χ3n) is 6.06. The van der Waals surface area contributed by atoms with Crippen LogP contribution in [0.2, 0.25) is 0 Å². The summed E-state index contributed by atoms with van der Waals surface area (Å²) < 4.78 is 24.3. The maximum Gasteiger partial charge on any atom is 0.410 e. The van der Waals surface area contributed by atoms with E-state index in [4.69, 9.17) is 9.47 Å². The second-order valence-corrected chi connectivity index (χ2v) is 9.50. The summed E-state index contributed by atoms with van der Waals surface area (Å²) in [7, 11) is 1.40. The number of likely N-dealkylation sites (tertiary alicyclic amines) is 1. The Bertz CT molecular complexity index is 913. The third kappa shape index (κ3) is 5.67. The maximum absolute atomic E-state index is 13.5. The molecule has 32 heavy (non-hydrogen) atoms. The highest BCUT2D eigenvalue weighted by Gasteiger charge is 2.47. The van der Waals surface area contributed by atoms with Crippen molar-refractivity contribution >= 4 is 12.1 Å². The summed E-state index contributed by atoms with van der Waals surface area (Å²) in [5.74, 6) is -1.10. The summed E-state index contributed by atoms with van der Waals surface area (Å²) in [5, 5.41) is 0. The molecule has 0 aromatic heterocycles. The summed E-state index contributed by atoms with van der Waals surface area (Å²) >= 11 is 0. The lowest BCUT2D eigenvalue weighted by molar-refractivity contribution is -0.147. The van der Waals surface area contributed by atoms with Gasteiger partial charge in [-0.25, -0.2) is 9.18 Å². The largest absolute Gasteiger partial charge is 0.469 e. The molecule has 6 heteroatoms. The van der Waals surface area contributed by atoms with Gasteiger partial charge in [0.15, 0.2) is 0 Å². The van der Waals surface area contributed by atoms with Gasteiger partial charge < -0.3 is 14.4 Å². The molecule has 0 aliphatic carbocycles. The monoisotopic (exact) mass is 441 g/mol. The van der Waals surface area contributed by atoms with Crippen molar-refractivity contribution in [2.24, 2.45) is 5.41 Å². The van der Waals surface area contributed by atoms with E-state index in [1.807, 2.05) is 51.1 Å². The molecule has 1 atom stereocenters. The lowest BCUT2D eigenvalue weighted by Crippen LogP contribution is -2.49. The number of ether oxygens (including phenoxy) is 2. The van der Waals surface area contributed by atoms with Crippen LogP contribution in [0.1, 0.15) is 50.7 Å². The quantitative estimate of drug-likeness (QED) is 0.588. The van der Waals surface area contributed by atoms with Gasteiger partial charge in [0.1, 0.15) is 11.4 Å². The molecule has 0 radical (unpaired) electrons. The number of rotatable bonds is 5. The number of nitrogens with zero attached hydrogens (tertiary/aromatic N) is 1. The average Bonchev–Trinajstić information content (AvgIpc) is 2.75. The van der Waals surface area contributed by atoms with Crippen molar-refractivity contribution in [2.75, 3.05) is 20.2 Å². The van der Waals surface area contributed by atoms with Crippen molar-refractivity contribution in [3.05, 3.63) is 71.5 Å². The summed E-state index contributed by atoms with van der Waals surface area (Å²) in [6.45, 7) is 6.47. The fraction of sp³-hybridized carbons (Fsp3) is 0.462. The topological polar surface area (TPSA) is 55.8 Å². The van der Waals surface area contributed by atoms with Gasteiger partial charge in [0.05, 0.1) is 13.0 Å². The standard InChI is InChI=1S/C26H32FNO4/c1-25(2,3)32-24(30)28-16-14-26(15-17-28,18-19-10-12-21(27)13-11-19)22(23(29)31-4)20-8-6-5-7-9-20/h5-13,22H,14-18H2,1-4H3. The molecule has 0 bridgehead atoms. The predicted octanol–water partition coefficient (Wildman–Crippen LogP) is 5.34. The van der Waals surface area contributed by atoms with Gasteiger partial charge in [0.2, 0.25) is 0 Å². The molecule has 3 rings (SSSR count). The number of amides is 1. The van der Waals surface area contributed by atoms with Crippen LogP contribution in [-0.4, -0.2) is 42.8 Å². The molecule has 1 aliphatic rings. The van der Waals surface area contributed by atoms with Crippen LogP contribution in [0.3, 0.4) is 0 Å². The van der Waals surface area contributed by atoms with E-state index in [0.29, 0.717) is 32.4 Å². The Morgan fingerprint density at radius 2 is 1.62 bits per heavy atom. The second kappa shape index (κ2) is 9.72. The Morgan fingerprint density at radius 3 is 2.16 bits per heavy atom. The Balaban J connectivity index is 1.94. The molecule has 1 amide bonds. The van der Waals surface area contributed by atoms with Crippen molar-refractivity contribution in [3.63, 3.8) is 0 Å². The minimum absolute atomic E-state index is 0.296. The van der Waals surface area contributed by atoms with Crippen molar-refractivity contribution in [1.82, 2.24) is 4.90 Å². The Morgan fingerprint density at radius 1 is 1.03 bits per heavy atom. The fourth-order valence-corrected chi connectivity index (χ4v) is 4.54. The smallest absolute Gasteiger partial charge is 0.410 e. The Kier molecular flexibility index (Phi) is 7.22. The van der Waals surface area contributed by atoms with Gasteiger partial charge in [-0.1, -0.05) is 42.5 Å². The average molecular weight is 442 g/mol. The van der Waals surface area contributed by atoms with Gasteiger partial charge in [-0.3, -0.25) is 4.79 Å². The van der Waals surface area contributed by atoms with Gasteiger partial charge in [0.25, 0.3) is 0 Å². The molecule has 1 saturated heterocycles. The lowest BCUT2D eigenvalue weighted by Gasteiger charge is -2.46. The minimum atomic E-state index is -0.571. The van der Waals surface area contributed by atoms with Crippen molar-refractivity contribution in [2.45, 2.75) is 51.6 Å². The molecule has 172 valence electrons. The summed E-state index contributed by atoms with van der Waals surface area (Å²) in [4.78, 5) is 27.4. The molecule has 1 fully saturated rings. The first-order chi connectivity index (χ1) is 15.1. The van der Waals surface area contributed by atoms with Gasteiger partial charge in [0, 0.05) is 13.1 Å². The summed E-state index contributed by atoms with van der Waals surface area (Å²) in [5.41, 5.74) is 0.775. The van der Waals surface area contributed by atoms with Crippen LogP contribution < -0.4 is 0 Å². The molecule has 2 aromatic rings. The number of esters is 1. The lowest BCUT2D eigenvalue weighted by atomic mass is 9.63. The molecule has 5 nitrogen and oxygen atoms in total. The van der Waals surface area contributed by atoms with E-state index in [1.54, 1.807) is 17.0 Å². The summed E-state index contributed by atoms with van der Waals surface area (Å²) in [6.07, 6.45) is 1.42. The molecular formula is C26H32FNO4. The number of halogens is 1. The zero-order chi connectivity index (χ0) is 23.4. The van der Waals surface area contributed by atoms with Crippen molar-refractivity contribution in [1.29, 1.82) is 0 Å². The van der Waals surface area contributed by atoms with Crippen LogP contribution >= 0.6 is 0 Å². The van der Waals surface area contributed by atoms with Crippen LogP contribution in [0.5, 0.6) is 0 Å².